The molecule has 2 aromatic heterocycles. The van der Waals surface area contributed by atoms with Gasteiger partial charge >= 0.3 is 0 Å². The zero-order valence-corrected chi connectivity index (χ0v) is 12.7. The van der Waals surface area contributed by atoms with Crippen molar-refractivity contribution in [2.75, 3.05) is 0 Å². The van der Waals surface area contributed by atoms with E-state index in [2.05, 4.69) is 31.1 Å². The van der Waals surface area contributed by atoms with Crippen molar-refractivity contribution in [2.24, 2.45) is 5.73 Å². The summed E-state index contributed by atoms with van der Waals surface area (Å²) in [5.41, 5.74) is 7.08. The summed E-state index contributed by atoms with van der Waals surface area (Å²) in [6.07, 6.45) is 9.11. The van der Waals surface area contributed by atoms with E-state index in [4.69, 9.17) is 10.3 Å². The molecule has 1 fully saturated rings. The highest BCUT2D eigenvalue weighted by molar-refractivity contribution is 9.10. The number of nitrogens with two attached hydrogens (primary N) is 1. The number of aromatic nitrogens is 3. The SMILES string of the molecule is NC1CCCCCC1c1nc(-c2cncc(Br)c2)no1. The quantitative estimate of drug-likeness (QED) is 0.851. The highest BCUT2D eigenvalue weighted by atomic mass is 79.9. The van der Waals surface area contributed by atoms with Crippen LogP contribution in [0.3, 0.4) is 0 Å². The molecule has 2 heterocycles. The number of rotatable bonds is 2. The summed E-state index contributed by atoms with van der Waals surface area (Å²) in [5, 5.41) is 4.07. The van der Waals surface area contributed by atoms with Crippen LogP contribution in [0.5, 0.6) is 0 Å². The first-order valence-electron chi connectivity index (χ1n) is 6.94. The highest BCUT2D eigenvalue weighted by Crippen LogP contribution is 2.31. The molecule has 106 valence electrons. The Morgan fingerprint density at radius 1 is 1.20 bits per heavy atom. The van der Waals surface area contributed by atoms with Gasteiger partial charge in [0.1, 0.15) is 0 Å². The molecule has 2 N–H and O–H groups in total. The summed E-state index contributed by atoms with van der Waals surface area (Å²) in [4.78, 5) is 8.64. The van der Waals surface area contributed by atoms with E-state index in [1.165, 1.54) is 19.3 Å². The molecular weight excluding hydrogens is 320 g/mol. The minimum absolute atomic E-state index is 0.117. The molecule has 2 unspecified atom stereocenters. The predicted octanol–water partition coefficient (Wildman–Crippen LogP) is 3.27. The third-order valence-electron chi connectivity index (χ3n) is 3.79. The van der Waals surface area contributed by atoms with Crippen LogP contribution >= 0.6 is 15.9 Å². The lowest BCUT2D eigenvalue weighted by Crippen LogP contribution is -2.27. The van der Waals surface area contributed by atoms with Crippen molar-refractivity contribution in [3.05, 3.63) is 28.8 Å². The van der Waals surface area contributed by atoms with Gasteiger partial charge in [-0.2, -0.15) is 4.98 Å². The van der Waals surface area contributed by atoms with Crippen LogP contribution in [-0.2, 0) is 0 Å². The molecule has 3 rings (SSSR count). The van der Waals surface area contributed by atoms with Gasteiger partial charge in [0.15, 0.2) is 0 Å². The second kappa shape index (κ2) is 6.01. The fourth-order valence-corrected chi connectivity index (χ4v) is 3.04. The Morgan fingerprint density at radius 2 is 2.05 bits per heavy atom. The summed E-state index contributed by atoms with van der Waals surface area (Å²) in [6.45, 7) is 0. The van der Waals surface area contributed by atoms with Gasteiger partial charge in [0.2, 0.25) is 11.7 Å². The van der Waals surface area contributed by atoms with Crippen LogP contribution in [0.15, 0.2) is 27.5 Å². The van der Waals surface area contributed by atoms with E-state index in [-0.39, 0.29) is 12.0 Å². The second-order valence-corrected chi connectivity index (χ2v) is 6.17. The number of hydrogen-bond donors (Lipinski definition) is 1. The van der Waals surface area contributed by atoms with Crippen molar-refractivity contribution in [3.8, 4) is 11.4 Å². The van der Waals surface area contributed by atoms with Crippen molar-refractivity contribution in [1.29, 1.82) is 0 Å². The third-order valence-corrected chi connectivity index (χ3v) is 4.23. The van der Waals surface area contributed by atoms with E-state index >= 15 is 0 Å². The van der Waals surface area contributed by atoms with Crippen molar-refractivity contribution >= 4 is 15.9 Å². The van der Waals surface area contributed by atoms with Crippen LogP contribution in [0.2, 0.25) is 0 Å². The first-order chi connectivity index (χ1) is 9.74. The molecule has 2 atom stereocenters. The van der Waals surface area contributed by atoms with Gasteiger partial charge in [-0.15, -0.1) is 0 Å². The molecule has 0 aromatic carbocycles. The largest absolute Gasteiger partial charge is 0.339 e. The van der Waals surface area contributed by atoms with Crippen LogP contribution < -0.4 is 5.73 Å². The van der Waals surface area contributed by atoms with Gasteiger partial charge in [-0.05, 0) is 34.8 Å². The molecule has 2 aromatic rings. The topological polar surface area (TPSA) is 77.8 Å². The predicted molar refractivity (Wildman–Crippen MR) is 79.0 cm³/mol. The second-order valence-electron chi connectivity index (χ2n) is 5.26. The van der Waals surface area contributed by atoms with E-state index in [9.17, 15) is 0 Å². The lowest BCUT2D eigenvalue weighted by Gasteiger charge is -2.16. The van der Waals surface area contributed by atoms with E-state index in [0.29, 0.717) is 11.7 Å². The van der Waals surface area contributed by atoms with Gasteiger partial charge < -0.3 is 10.3 Å². The molecule has 6 heteroatoms. The number of hydrogen-bond acceptors (Lipinski definition) is 5. The van der Waals surface area contributed by atoms with E-state index in [1.54, 1.807) is 12.4 Å². The van der Waals surface area contributed by atoms with Crippen molar-refractivity contribution in [3.63, 3.8) is 0 Å². The van der Waals surface area contributed by atoms with Gasteiger partial charge in [0.05, 0.1) is 5.92 Å². The minimum atomic E-state index is 0.117. The normalized spacial score (nSPS) is 23.5. The molecule has 0 amide bonds. The minimum Gasteiger partial charge on any atom is -0.339 e. The van der Waals surface area contributed by atoms with Crippen LogP contribution in [0.1, 0.15) is 43.9 Å². The van der Waals surface area contributed by atoms with E-state index in [0.717, 1.165) is 22.9 Å². The molecule has 1 aliphatic carbocycles. The fraction of sp³-hybridized carbons (Fsp3) is 0.500. The lowest BCUT2D eigenvalue weighted by atomic mass is 9.95. The van der Waals surface area contributed by atoms with Gasteiger partial charge in [-0.3, -0.25) is 4.98 Å². The maximum Gasteiger partial charge on any atom is 0.231 e. The third kappa shape index (κ3) is 2.91. The van der Waals surface area contributed by atoms with E-state index < -0.39 is 0 Å². The molecule has 1 aliphatic rings. The Balaban J connectivity index is 1.86. The summed E-state index contributed by atoms with van der Waals surface area (Å²) < 4.78 is 6.34. The molecule has 0 spiro atoms. The molecule has 0 aliphatic heterocycles. The van der Waals surface area contributed by atoms with Crippen molar-refractivity contribution in [1.82, 2.24) is 15.1 Å². The molecular formula is C14H17BrN4O. The average molecular weight is 337 g/mol. The van der Waals surface area contributed by atoms with Crippen LogP contribution in [0.4, 0.5) is 0 Å². The number of nitrogens with zero attached hydrogens (tertiary/aromatic N) is 3. The summed E-state index contributed by atoms with van der Waals surface area (Å²) >= 11 is 3.39. The standard InChI is InChI=1S/C14H17BrN4O/c15-10-6-9(7-17-8-10)13-18-14(20-19-13)11-4-2-1-3-5-12(11)16/h6-8,11-12H,1-5,16H2. The van der Waals surface area contributed by atoms with Crippen LogP contribution in [0.25, 0.3) is 11.4 Å². The first kappa shape index (κ1) is 13.7. The number of halogens is 1. The maximum atomic E-state index is 6.24. The number of pyridine rings is 1. The van der Waals surface area contributed by atoms with Crippen molar-refractivity contribution in [2.45, 2.75) is 44.1 Å². The molecule has 0 bridgehead atoms. The monoisotopic (exact) mass is 336 g/mol. The summed E-state index contributed by atoms with van der Waals surface area (Å²) in [5.74, 6) is 1.42. The molecule has 20 heavy (non-hydrogen) atoms. The first-order valence-corrected chi connectivity index (χ1v) is 7.73. The summed E-state index contributed by atoms with van der Waals surface area (Å²) in [6, 6.07) is 2.04. The Hall–Kier alpha value is -1.27. The van der Waals surface area contributed by atoms with Gasteiger partial charge in [-0.1, -0.05) is 24.4 Å². The zero-order chi connectivity index (χ0) is 13.9. The smallest absolute Gasteiger partial charge is 0.231 e. The molecule has 1 saturated carbocycles. The zero-order valence-electron chi connectivity index (χ0n) is 11.1. The lowest BCUT2D eigenvalue weighted by molar-refractivity contribution is 0.326. The van der Waals surface area contributed by atoms with Gasteiger partial charge in [0.25, 0.3) is 0 Å². The highest BCUT2D eigenvalue weighted by Gasteiger charge is 2.27. The maximum absolute atomic E-state index is 6.24. The average Bonchev–Trinajstić information content (AvgIpc) is 2.82. The molecule has 0 saturated heterocycles. The molecule has 5 nitrogen and oxygen atoms in total. The summed E-state index contributed by atoms with van der Waals surface area (Å²) in [7, 11) is 0. The van der Waals surface area contributed by atoms with Gasteiger partial charge in [-0.25, -0.2) is 0 Å². The van der Waals surface area contributed by atoms with Crippen LogP contribution in [0, 0.1) is 0 Å². The Kier molecular flexibility index (Phi) is 4.12. The Morgan fingerprint density at radius 3 is 2.90 bits per heavy atom. The van der Waals surface area contributed by atoms with E-state index in [1.807, 2.05) is 6.07 Å². The fourth-order valence-electron chi connectivity index (χ4n) is 2.68. The van der Waals surface area contributed by atoms with Gasteiger partial charge in [0, 0.05) is 28.5 Å². The Bertz CT molecular complexity index is 586. The molecule has 0 radical (unpaired) electrons. The van der Waals surface area contributed by atoms with Crippen molar-refractivity contribution < 1.29 is 4.52 Å². The Labute approximate surface area is 126 Å². The van der Waals surface area contributed by atoms with Crippen LogP contribution in [-0.4, -0.2) is 21.2 Å².